The van der Waals surface area contributed by atoms with E-state index >= 15 is 0 Å². The lowest BCUT2D eigenvalue weighted by Gasteiger charge is -2.31. The number of imidazole rings is 1. The van der Waals surface area contributed by atoms with Gasteiger partial charge in [-0.15, -0.1) is 0 Å². The summed E-state index contributed by atoms with van der Waals surface area (Å²) in [7, 11) is 0. The van der Waals surface area contributed by atoms with Crippen molar-refractivity contribution in [2.45, 2.75) is 12.8 Å². The van der Waals surface area contributed by atoms with Gasteiger partial charge in [0.15, 0.2) is 0 Å². The molecule has 110 valence electrons. The van der Waals surface area contributed by atoms with Crippen LogP contribution in [-0.2, 0) is 0 Å². The van der Waals surface area contributed by atoms with Gasteiger partial charge in [-0.05, 0) is 43.0 Å². The van der Waals surface area contributed by atoms with E-state index in [1.54, 1.807) is 12.5 Å². The van der Waals surface area contributed by atoms with E-state index in [0.717, 1.165) is 25.1 Å². The van der Waals surface area contributed by atoms with Crippen molar-refractivity contribution in [1.29, 1.82) is 0 Å². The monoisotopic (exact) mass is 285 g/mol. The molecule has 1 aromatic carbocycles. The fraction of sp³-hybridized carbons (Fsp3) is 0.375. The first kappa shape index (κ1) is 13.8. The lowest BCUT2D eigenvalue weighted by atomic mass is 9.98. The highest BCUT2D eigenvalue weighted by molar-refractivity contribution is 5.94. The third kappa shape index (κ3) is 2.97. The van der Waals surface area contributed by atoms with Gasteiger partial charge in [0.1, 0.15) is 0 Å². The van der Waals surface area contributed by atoms with Crippen LogP contribution < -0.4 is 0 Å². The zero-order valence-electron chi connectivity index (χ0n) is 11.9. The number of nitrogens with zero attached hydrogens (tertiary/aromatic N) is 3. The summed E-state index contributed by atoms with van der Waals surface area (Å²) in [5.74, 6) is 0.262. The Balaban J connectivity index is 1.73. The Labute approximate surface area is 123 Å². The Morgan fingerprint density at radius 1 is 1.33 bits per heavy atom. The fourth-order valence-corrected chi connectivity index (χ4v) is 2.77. The van der Waals surface area contributed by atoms with Crippen LogP contribution in [-0.4, -0.2) is 45.2 Å². The van der Waals surface area contributed by atoms with Crippen LogP contribution in [0.15, 0.2) is 43.0 Å². The average Bonchev–Trinajstić information content (AvgIpc) is 3.09. The molecule has 0 saturated carbocycles. The molecule has 0 radical (unpaired) electrons. The molecule has 1 amide bonds. The van der Waals surface area contributed by atoms with Gasteiger partial charge in [-0.1, -0.05) is 0 Å². The van der Waals surface area contributed by atoms with Gasteiger partial charge in [-0.3, -0.25) is 4.79 Å². The first-order chi connectivity index (χ1) is 10.3. The van der Waals surface area contributed by atoms with Crippen LogP contribution >= 0.6 is 0 Å². The molecule has 1 fully saturated rings. The highest BCUT2D eigenvalue weighted by Gasteiger charge is 2.23. The van der Waals surface area contributed by atoms with E-state index in [1.165, 1.54) is 0 Å². The lowest BCUT2D eigenvalue weighted by Crippen LogP contribution is -2.40. The molecule has 0 aliphatic carbocycles. The first-order valence-electron chi connectivity index (χ1n) is 7.26. The number of rotatable bonds is 3. The molecule has 1 unspecified atom stereocenters. The largest absolute Gasteiger partial charge is 0.396 e. The molecule has 1 atom stereocenters. The van der Waals surface area contributed by atoms with Crippen molar-refractivity contribution in [2.24, 2.45) is 5.92 Å². The Bertz CT molecular complexity index is 592. The topological polar surface area (TPSA) is 58.4 Å². The van der Waals surface area contributed by atoms with Gasteiger partial charge in [0.05, 0.1) is 6.33 Å². The van der Waals surface area contributed by atoms with Gasteiger partial charge in [-0.2, -0.15) is 0 Å². The van der Waals surface area contributed by atoms with Gasteiger partial charge in [0, 0.05) is 43.3 Å². The number of hydrogen-bond donors (Lipinski definition) is 1. The second-order valence-corrected chi connectivity index (χ2v) is 5.46. The number of piperidine rings is 1. The summed E-state index contributed by atoms with van der Waals surface area (Å²) in [6.07, 6.45) is 7.28. The molecule has 2 heterocycles. The molecule has 1 aliphatic heterocycles. The minimum Gasteiger partial charge on any atom is -0.396 e. The van der Waals surface area contributed by atoms with Crippen LogP contribution in [0.4, 0.5) is 0 Å². The third-order valence-corrected chi connectivity index (χ3v) is 3.98. The Kier molecular flexibility index (Phi) is 4.01. The number of carbonyl (C=O) groups excluding carboxylic acids is 1. The van der Waals surface area contributed by atoms with Crippen LogP contribution in [0.2, 0.25) is 0 Å². The number of likely N-dealkylation sites (tertiary alicyclic amines) is 1. The smallest absolute Gasteiger partial charge is 0.253 e. The van der Waals surface area contributed by atoms with Gasteiger partial charge < -0.3 is 14.6 Å². The zero-order chi connectivity index (χ0) is 14.7. The van der Waals surface area contributed by atoms with Gasteiger partial charge >= 0.3 is 0 Å². The summed E-state index contributed by atoms with van der Waals surface area (Å²) in [5.41, 5.74) is 1.67. The molecule has 3 rings (SSSR count). The quantitative estimate of drug-likeness (QED) is 0.934. The molecule has 1 aromatic heterocycles. The number of aliphatic hydroxyl groups is 1. The maximum atomic E-state index is 12.5. The van der Waals surface area contributed by atoms with Crippen LogP contribution in [0.25, 0.3) is 5.69 Å². The average molecular weight is 285 g/mol. The molecular weight excluding hydrogens is 266 g/mol. The molecule has 2 aromatic rings. The molecule has 5 nitrogen and oxygen atoms in total. The summed E-state index contributed by atoms with van der Waals surface area (Å²) in [6, 6.07) is 7.53. The summed E-state index contributed by atoms with van der Waals surface area (Å²) in [6.45, 7) is 1.58. The summed E-state index contributed by atoms with van der Waals surface area (Å²) >= 11 is 0. The summed E-state index contributed by atoms with van der Waals surface area (Å²) in [5, 5.41) is 9.26. The van der Waals surface area contributed by atoms with E-state index in [2.05, 4.69) is 4.98 Å². The van der Waals surface area contributed by atoms with E-state index < -0.39 is 0 Å². The Morgan fingerprint density at radius 3 is 2.81 bits per heavy atom. The fourth-order valence-electron chi connectivity index (χ4n) is 2.77. The van der Waals surface area contributed by atoms with Crippen LogP contribution in [0.1, 0.15) is 23.2 Å². The van der Waals surface area contributed by atoms with Crippen molar-refractivity contribution in [2.75, 3.05) is 19.7 Å². The Morgan fingerprint density at radius 2 is 2.14 bits per heavy atom. The van der Waals surface area contributed by atoms with Crippen molar-refractivity contribution in [3.05, 3.63) is 48.5 Å². The molecule has 0 spiro atoms. The van der Waals surface area contributed by atoms with Crippen molar-refractivity contribution in [3.8, 4) is 5.69 Å². The number of aromatic nitrogens is 2. The number of hydrogen-bond acceptors (Lipinski definition) is 3. The SMILES string of the molecule is O=C(c1ccc(-n2ccnc2)cc1)N1CCCC(CO)C1. The highest BCUT2D eigenvalue weighted by atomic mass is 16.3. The van der Waals surface area contributed by atoms with Crippen LogP contribution in [0, 0.1) is 5.92 Å². The zero-order valence-corrected chi connectivity index (χ0v) is 11.9. The maximum absolute atomic E-state index is 12.5. The second kappa shape index (κ2) is 6.10. The third-order valence-electron chi connectivity index (χ3n) is 3.98. The maximum Gasteiger partial charge on any atom is 0.253 e. The van der Waals surface area contributed by atoms with Crippen LogP contribution in [0.5, 0.6) is 0 Å². The van der Waals surface area contributed by atoms with Gasteiger partial charge in [0.25, 0.3) is 5.91 Å². The minimum atomic E-state index is 0.0466. The van der Waals surface area contributed by atoms with E-state index in [0.29, 0.717) is 12.1 Å². The summed E-state index contributed by atoms with van der Waals surface area (Å²) in [4.78, 5) is 18.3. The Hall–Kier alpha value is -2.14. The molecule has 0 bridgehead atoms. The first-order valence-corrected chi connectivity index (χ1v) is 7.26. The lowest BCUT2D eigenvalue weighted by molar-refractivity contribution is 0.0620. The van der Waals surface area contributed by atoms with Gasteiger partial charge in [0.2, 0.25) is 0 Å². The van der Waals surface area contributed by atoms with Crippen molar-refractivity contribution >= 4 is 5.91 Å². The van der Waals surface area contributed by atoms with E-state index in [9.17, 15) is 9.90 Å². The second-order valence-electron chi connectivity index (χ2n) is 5.46. The standard InChI is InChI=1S/C16H19N3O2/c20-11-13-2-1-8-18(10-13)16(21)14-3-5-15(6-4-14)19-9-7-17-12-19/h3-7,9,12-13,20H,1-2,8,10-11H2. The number of amides is 1. The molecule has 21 heavy (non-hydrogen) atoms. The van der Waals surface area contributed by atoms with E-state index in [-0.39, 0.29) is 18.4 Å². The van der Waals surface area contributed by atoms with Gasteiger partial charge in [-0.25, -0.2) is 4.98 Å². The van der Waals surface area contributed by atoms with Crippen LogP contribution in [0.3, 0.4) is 0 Å². The normalized spacial score (nSPS) is 18.7. The van der Waals surface area contributed by atoms with Crippen molar-refractivity contribution in [1.82, 2.24) is 14.5 Å². The number of benzene rings is 1. The molecule has 1 saturated heterocycles. The minimum absolute atomic E-state index is 0.0466. The number of carbonyl (C=O) groups is 1. The molecule has 1 aliphatic rings. The molecule has 5 heteroatoms. The molecule has 1 N–H and O–H groups in total. The summed E-state index contributed by atoms with van der Waals surface area (Å²) < 4.78 is 1.90. The van der Waals surface area contributed by atoms with E-state index in [4.69, 9.17) is 0 Å². The predicted molar refractivity (Wildman–Crippen MR) is 79.3 cm³/mol. The van der Waals surface area contributed by atoms with Crippen molar-refractivity contribution < 1.29 is 9.90 Å². The highest BCUT2D eigenvalue weighted by Crippen LogP contribution is 2.19. The van der Waals surface area contributed by atoms with Crippen molar-refractivity contribution in [3.63, 3.8) is 0 Å². The van der Waals surface area contributed by atoms with E-state index in [1.807, 2.05) is 39.9 Å². The predicted octanol–water partition coefficient (Wildman–Crippen LogP) is 1.72. The molecular formula is C16H19N3O2. The number of aliphatic hydroxyl groups excluding tert-OH is 1.